The topological polar surface area (TPSA) is 62.1 Å². The van der Waals surface area contributed by atoms with Crippen molar-refractivity contribution < 1.29 is 13.9 Å². The number of aromatic nitrogens is 2. The molecule has 3 heterocycles. The molecule has 1 N–H and O–H groups in total. The van der Waals surface area contributed by atoms with Gasteiger partial charge < -0.3 is 15.0 Å². The number of hydrogen-bond acceptors (Lipinski definition) is 5. The zero-order valence-corrected chi connectivity index (χ0v) is 19.9. The highest BCUT2D eigenvalue weighted by atomic mass is 32.1. The van der Waals surface area contributed by atoms with Crippen molar-refractivity contribution in [1.82, 2.24) is 19.2 Å². The van der Waals surface area contributed by atoms with E-state index in [9.17, 15) is 9.18 Å². The van der Waals surface area contributed by atoms with Gasteiger partial charge in [0.15, 0.2) is 4.96 Å². The minimum Gasteiger partial charge on any atom is -0.495 e. The minimum absolute atomic E-state index is 0.128. The summed E-state index contributed by atoms with van der Waals surface area (Å²) in [6.07, 6.45) is 2.10. The Hall–Kier alpha value is -3.43. The van der Waals surface area contributed by atoms with Crippen LogP contribution in [0.25, 0.3) is 16.2 Å². The van der Waals surface area contributed by atoms with E-state index in [0.717, 1.165) is 35.0 Å². The number of amides is 2. The van der Waals surface area contributed by atoms with Crippen LogP contribution in [0.15, 0.2) is 54.7 Å². The molecule has 2 aromatic heterocycles. The van der Waals surface area contributed by atoms with Crippen molar-refractivity contribution in [2.45, 2.75) is 13.5 Å². The average molecular weight is 480 g/mol. The van der Waals surface area contributed by atoms with Gasteiger partial charge in [-0.3, -0.25) is 9.30 Å². The van der Waals surface area contributed by atoms with Gasteiger partial charge in [-0.1, -0.05) is 12.1 Å². The molecule has 1 saturated heterocycles. The Kier molecular flexibility index (Phi) is 6.21. The highest BCUT2D eigenvalue weighted by Gasteiger charge is 2.24. The Balaban J connectivity index is 1.29. The van der Waals surface area contributed by atoms with Gasteiger partial charge in [0.25, 0.3) is 0 Å². The average Bonchev–Trinajstić information content (AvgIpc) is 3.37. The van der Waals surface area contributed by atoms with E-state index in [4.69, 9.17) is 9.72 Å². The second-order valence-corrected chi connectivity index (χ2v) is 9.52. The van der Waals surface area contributed by atoms with Crippen LogP contribution in [0.3, 0.4) is 0 Å². The van der Waals surface area contributed by atoms with Gasteiger partial charge >= 0.3 is 6.03 Å². The molecule has 1 aliphatic rings. The van der Waals surface area contributed by atoms with Crippen molar-refractivity contribution in [2.24, 2.45) is 0 Å². The number of thiazole rings is 1. The molecule has 7 nitrogen and oxygen atoms in total. The number of hydrogen-bond donors (Lipinski definition) is 1. The second-order valence-electron chi connectivity index (χ2n) is 8.30. The molecule has 0 aliphatic carbocycles. The maximum absolute atomic E-state index is 13.5. The van der Waals surface area contributed by atoms with Crippen LogP contribution in [0.1, 0.15) is 10.6 Å². The van der Waals surface area contributed by atoms with E-state index in [1.165, 1.54) is 17.0 Å². The van der Waals surface area contributed by atoms with Crippen LogP contribution in [0.2, 0.25) is 0 Å². The molecule has 34 heavy (non-hydrogen) atoms. The fourth-order valence-electron chi connectivity index (χ4n) is 4.25. The van der Waals surface area contributed by atoms with Gasteiger partial charge in [-0.25, -0.2) is 14.2 Å². The maximum atomic E-state index is 13.5. The summed E-state index contributed by atoms with van der Waals surface area (Å²) in [6.45, 7) is 5.51. The monoisotopic (exact) mass is 479 g/mol. The number of fused-ring (bicyclic) bond motifs is 1. The Morgan fingerprint density at radius 2 is 1.85 bits per heavy atom. The number of halogens is 1. The Morgan fingerprint density at radius 1 is 1.12 bits per heavy atom. The number of ether oxygens (including phenoxy) is 1. The molecule has 2 amide bonds. The van der Waals surface area contributed by atoms with Crippen LogP contribution < -0.4 is 10.1 Å². The van der Waals surface area contributed by atoms with Crippen molar-refractivity contribution in [3.8, 4) is 17.0 Å². The van der Waals surface area contributed by atoms with E-state index >= 15 is 0 Å². The number of carbonyl (C=O) groups excluding carboxylic acids is 1. The van der Waals surface area contributed by atoms with Crippen molar-refractivity contribution in [3.63, 3.8) is 0 Å². The predicted molar refractivity (Wildman–Crippen MR) is 132 cm³/mol. The van der Waals surface area contributed by atoms with Gasteiger partial charge in [-0.05, 0) is 43.3 Å². The molecular weight excluding hydrogens is 453 g/mol. The first kappa shape index (κ1) is 22.4. The van der Waals surface area contributed by atoms with Gasteiger partial charge in [0.05, 0.1) is 24.2 Å². The third-order valence-electron chi connectivity index (χ3n) is 6.04. The van der Waals surface area contributed by atoms with Crippen LogP contribution >= 0.6 is 11.3 Å². The second kappa shape index (κ2) is 9.44. The summed E-state index contributed by atoms with van der Waals surface area (Å²) in [7, 11) is 1.59. The number of aryl methyl sites for hydroxylation is 1. The lowest BCUT2D eigenvalue weighted by Crippen LogP contribution is -2.49. The van der Waals surface area contributed by atoms with Gasteiger partial charge in [0.2, 0.25) is 0 Å². The summed E-state index contributed by atoms with van der Waals surface area (Å²) < 4.78 is 20.9. The van der Waals surface area contributed by atoms with Crippen LogP contribution in [0.5, 0.6) is 5.75 Å². The van der Waals surface area contributed by atoms with Gasteiger partial charge in [0, 0.05) is 49.4 Å². The molecule has 0 bridgehead atoms. The van der Waals surface area contributed by atoms with Crippen LogP contribution in [-0.2, 0) is 6.54 Å². The molecule has 0 radical (unpaired) electrons. The molecule has 9 heteroatoms. The first-order chi connectivity index (χ1) is 16.5. The van der Waals surface area contributed by atoms with Crippen LogP contribution in [0.4, 0.5) is 14.9 Å². The van der Waals surface area contributed by atoms with Gasteiger partial charge in [0.1, 0.15) is 11.6 Å². The lowest BCUT2D eigenvalue weighted by Gasteiger charge is -2.34. The fourth-order valence-corrected chi connectivity index (χ4v) is 5.10. The van der Waals surface area contributed by atoms with Crippen molar-refractivity contribution in [1.29, 1.82) is 0 Å². The third kappa shape index (κ3) is 4.49. The number of carbonyl (C=O) groups is 1. The summed E-state index contributed by atoms with van der Waals surface area (Å²) >= 11 is 1.64. The normalized spacial score (nSPS) is 14.5. The number of nitrogens with one attached hydrogen (secondary N) is 1. The van der Waals surface area contributed by atoms with E-state index in [1.54, 1.807) is 30.6 Å². The number of methoxy groups -OCH3 is 1. The molecule has 1 fully saturated rings. The summed E-state index contributed by atoms with van der Waals surface area (Å²) in [5.41, 5.74) is 3.52. The highest BCUT2D eigenvalue weighted by molar-refractivity contribution is 7.17. The van der Waals surface area contributed by atoms with E-state index in [-0.39, 0.29) is 11.8 Å². The number of para-hydroxylation sites is 2. The number of urea groups is 1. The number of imidazole rings is 1. The van der Waals surface area contributed by atoms with E-state index in [0.29, 0.717) is 31.1 Å². The van der Waals surface area contributed by atoms with Crippen LogP contribution in [-0.4, -0.2) is 58.5 Å². The molecule has 4 aromatic rings. The zero-order chi connectivity index (χ0) is 23.7. The quantitative estimate of drug-likeness (QED) is 0.444. The molecule has 0 saturated carbocycles. The third-order valence-corrected chi connectivity index (χ3v) is 6.94. The predicted octanol–water partition coefficient (Wildman–Crippen LogP) is 4.87. The highest BCUT2D eigenvalue weighted by Crippen LogP contribution is 2.30. The summed E-state index contributed by atoms with van der Waals surface area (Å²) in [5, 5.41) is 2.95. The molecular formula is C25H26FN5O2S. The smallest absolute Gasteiger partial charge is 0.322 e. The van der Waals surface area contributed by atoms with Crippen molar-refractivity contribution >= 4 is 28.0 Å². The molecule has 0 unspecified atom stereocenters. The summed E-state index contributed by atoms with van der Waals surface area (Å²) in [6, 6.07) is 13.8. The number of anilines is 1. The van der Waals surface area contributed by atoms with Crippen molar-refractivity contribution in [2.75, 3.05) is 38.6 Å². The molecule has 176 valence electrons. The minimum atomic E-state index is -0.260. The summed E-state index contributed by atoms with van der Waals surface area (Å²) in [4.78, 5) is 23.9. The SMILES string of the molecule is COc1ccccc1NC(=O)N1CCN(Cc2c(-c3ccc(F)cc3)nc3sc(C)cn23)CC1. The number of rotatable bonds is 5. The van der Waals surface area contributed by atoms with Crippen LogP contribution in [0, 0.1) is 12.7 Å². The fraction of sp³-hybridized carbons (Fsp3) is 0.280. The molecule has 1 aliphatic heterocycles. The van der Waals surface area contributed by atoms with Gasteiger partial charge in [-0.2, -0.15) is 0 Å². The first-order valence-corrected chi connectivity index (χ1v) is 12.0. The number of benzene rings is 2. The molecule has 0 spiro atoms. The number of piperazine rings is 1. The zero-order valence-electron chi connectivity index (χ0n) is 19.1. The lowest BCUT2D eigenvalue weighted by atomic mass is 10.1. The molecule has 0 atom stereocenters. The first-order valence-electron chi connectivity index (χ1n) is 11.2. The summed E-state index contributed by atoms with van der Waals surface area (Å²) in [5.74, 6) is 0.378. The van der Waals surface area contributed by atoms with E-state index in [2.05, 4.69) is 27.7 Å². The van der Waals surface area contributed by atoms with Gasteiger partial charge in [-0.15, -0.1) is 11.3 Å². The standard InChI is InChI=1S/C25H26FN5O2S/c1-17-15-31-21(23(28-25(31)34-17)18-7-9-19(26)10-8-18)16-29-11-13-30(14-12-29)24(32)27-20-5-3-4-6-22(20)33-2/h3-10,15H,11-14,16H2,1-2H3,(H,27,32). The largest absolute Gasteiger partial charge is 0.495 e. The number of nitrogens with zero attached hydrogens (tertiary/aromatic N) is 4. The van der Waals surface area contributed by atoms with E-state index in [1.807, 2.05) is 29.2 Å². The Labute approximate surface area is 201 Å². The van der Waals surface area contributed by atoms with E-state index < -0.39 is 0 Å². The molecule has 5 rings (SSSR count). The maximum Gasteiger partial charge on any atom is 0.322 e. The lowest BCUT2D eigenvalue weighted by molar-refractivity contribution is 0.142. The van der Waals surface area contributed by atoms with Crippen molar-refractivity contribution in [3.05, 3.63) is 71.1 Å². The molecule has 2 aromatic carbocycles. The Bertz CT molecular complexity index is 1310. The Morgan fingerprint density at radius 3 is 2.59 bits per heavy atom.